The highest BCUT2D eigenvalue weighted by Crippen LogP contribution is 2.43. The van der Waals surface area contributed by atoms with E-state index >= 15 is 0 Å². The number of fused-ring (bicyclic) bond motifs is 2. The van der Waals surface area contributed by atoms with Crippen LogP contribution in [0.4, 0.5) is 0 Å². The first kappa shape index (κ1) is 22.1. The van der Waals surface area contributed by atoms with E-state index in [1.807, 2.05) is 46.2 Å². The van der Waals surface area contributed by atoms with Crippen LogP contribution >= 0.6 is 0 Å². The number of rotatable bonds is 5. The number of nitrogens with one attached hydrogen (secondary N) is 1. The predicted molar refractivity (Wildman–Crippen MR) is 123 cm³/mol. The van der Waals surface area contributed by atoms with E-state index in [1.54, 1.807) is 0 Å². The Balaban J connectivity index is 1.21. The smallest absolute Gasteiger partial charge is 0.244 e. The van der Waals surface area contributed by atoms with E-state index in [4.69, 9.17) is 9.47 Å². The first-order valence-electron chi connectivity index (χ1n) is 11.8. The number of morpholine rings is 1. The van der Waals surface area contributed by atoms with E-state index < -0.39 is 6.04 Å². The Hall–Kier alpha value is -2.74. The molecule has 2 aromatic carbocycles. The van der Waals surface area contributed by atoms with Gasteiger partial charge in [0.05, 0.1) is 32.0 Å². The van der Waals surface area contributed by atoms with Crippen molar-refractivity contribution in [2.45, 2.75) is 31.1 Å². The number of nitrogens with zero attached hydrogens (tertiary/aromatic N) is 2. The molecule has 0 aliphatic carbocycles. The molecule has 33 heavy (non-hydrogen) atoms. The molecule has 174 valence electrons. The highest BCUT2D eigenvalue weighted by Gasteiger charge is 2.43. The van der Waals surface area contributed by atoms with Gasteiger partial charge in [-0.3, -0.25) is 14.9 Å². The molecule has 2 fully saturated rings. The van der Waals surface area contributed by atoms with E-state index in [0.717, 1.165) is 18.4 Å². The second-order valence-electron chi connectivity index (χ2n) is 8.98. The maximum absolute atomic E-state index is 13.2. The van der Waals surface area contributed by atoms with Gasteiger partial charge in [-0.1, -0.05) is 54.6 Å². The van der Waals surface area contributed by atoms with Gasteiger partial charge >= 0.3 is 0 Å². The highest BCUT2D eigenvalue weighted by atomic mass is 16.5. The summed E-state index contributed by atoms with van der Waals surface area (Å²) >= 11 is 0. The molecule has 7 heteroatoms. The molecular weight excluding hydrogens is 418 g/mol. The van der Waals surface area contributed by atoms with Gasteiger partial charge < -0.3 is 19.3 Å². The maximum Gasteiger partial charge on any atom is 0.244 e. The van der Waals surface area contributed by atoms with Crippen LogP contribution in [0.5, 0.6) is 0 Å². The summed E-state index contributed by atoms with van der Waals surface area (Å²) in [5.41, 5.74) is 3.14. The minimum absolute atomic E-state index is 0.00846. The summed E-state index contributed by atoms with van der Waals surface area (Å²) in [6, 6.07) is 17.5. The normalized spacial score (nSPS) is 20.5. The van der Waals surface area contributed by atoms with Crippen molar-refractivity contribution < 1.29 is 19.1 Å². The second kappa shape index (κ2) is 9.63. The summed E-state index contributed by atoms with van der Waals surface area (Å²) in [4.78, 5) is 30.0. The number of benzene rings is 2. The average molecular weight is 450 g/mol. The molecule has 5 rings (SSSR count). The molecule has 3 heterocycles. The van der Waals surface area contributed by atoms with E-state index in [-0.39, 0.29) is 24.0 Å². The van der Waals surface area contributed by atoms with Crippen molar-refractivity contribution in [2.75, 3.05) is 45.9 Å². The first-order valence-corrected chi connectivity index (χ1v) is 11.8. The molecule has 1 spiro atoms. The van der Waals surface area contributed by atoms with E-state index in [9.17, 15) is 9.59 Å². The molecule has 0 saturated carbocycles. The van der Waals surface area contributed by atoms with Crippen molar-refractivity contribution in [1.29, 1.82) is 0 Å². The van der Waals surface area contributed by atoms with Gasteiger partial charge in [-0.2, -0.15) is 0 Å². The lowest BCUT2D eigenvalue weighted by atomic mass is 9.84. The Morgan fingerprint density at radius 1 is 0.909 bits per heavy atom. The molecule has 2 saturated heterocycles. The molecule has 1 atom stereocenters. The number of carbonyl (C=O) groups is 2. The first-order chi connectivity index (χ1) is 16.2. The number of hydrogen-bond acceptors (Lipinski definition) is 5. The van der Waals surface area contributed by atoms with Gasteiger partial charge in [0.15, 0.2) is 0 Å². The Morgan fingerprint density at radius 3 is 2.36 bits per heavy atom. The summed E-state index contributed by atoms with van der Waals surface area (Å²) < 4.78 is 11.6. The zero-order valence-electron chi connectivity index (χ0n) is 18.9. The summed E-state index contributed by atoms with van der Waals surface area (Å²) in [6.45, 7) is 4.33. The zero-order chi connectivity index (χ0) is 22.7. The summed E-state index contributed by atoms with van der Waals surface area (Å²) in [7, 11) is 0. The summed E-state index contributed by atoms with van der Waals surface area (Å²) in [5, 5.41) is 3.25. The SMILES string of the molecule is O=C(CN[C@@H](C(=O)N1CCOCC1)c1ccccc1)N1CCC2(CC1)OCc1ccccc12. The van der Waals surface area contributed by atoms with Crippen LogP contribution in [0.2, 0.25) is 0 Å². The minimum atomic E-state index is -0.547. The van der Waals surface area contributed by atoms with Gasteiger partial charge in [0, 0.05) is 26.2 Å². The zero-order valence-corrected chi connectivity index (χ0v) is 18.9. The molecule has 2 amide bonds. The number of amides is 2. The Kier molecular flexibility index (Phi) is 6.44. The average Bonchev–Trinajstić information content (AvgIpc) is 3.23. The fourth-order valence-electron chi connectivity index (χ4n) is 5.18. The molecule has 0 aromatic heterocycles. The maximum atomic E-state index is 13.2. The van der Waals surface area contributed by atoms with Crippen LogP contribution < -0.4 is 5.32 Å². The Morgan fingerprint density at radius 2 is 1.61 bits per heavy atom. The van der Waals surface area contributed by atoms with Crippen molar-refractivity contribution in [3.63, 3.8) is 0 Å². The lowest BCUT2D eigenvalue weighted by molar-refractivity contribution is -0.139. The van der Waals surface area contributed by atoms with Crippen molar-refractivity contribution in [3.05, 3.63) is 71.3 Å². The molecule has 0 radical (unpaired) electrons. The van der Waals surface area contributed by atoms with Crippen LogP contribution in [0.25, 0.3) is 0 Å². The standard InChI is InChI=1S/C26H31N3O4/c30-23(28-12-10-26(11-13-28)22-9-5-4-8-21(22)19-33-26)18-27-24(20-6-2-1-3-7-20)25(31)29-14-16-32-17-15-29/h1-9,24,27H,10-19H2/t24-/m1/s1. The third-order valence-electron chi connectivity index (χ3n) is 7.10. The van der Waals surface area contributed by atoms with E-state index in [0.29, 0.717) is 46.0 Å². The van der Waals surface area contributed by atoms with E-state index in [1.165, 1.54) is 11.1 Å². The Bertz CT molecular complexity index is 982. The third-order valence-corrected chi connectivity index (χ3v) is 7.10. The van der Waals surface area contributed by atoms with Gasteiger partial charge in [0.25, 0.3) is 0 Å². The highest BCUT2D eigenvalue weighted by molar-refractivity contribution is 5.85. The van der Waals surface area contributed by atoms with Crippen LogP contribution in [-0.4, -0.2) is 67.6 Å². The van der Waals surface area contributed by atoms with Crippen molar-refractivity contribution in [1.82, 2.24) is 15.1 Å². The fourth-order valence-corrected chi connectivity index (χ4v) is 5.18. The monoisotopic (exact) mass is 449 g/mol. The number of hydrogen-bond donors (Lipinski definition) is 1. The predicted octanol–water partition coefficient (Wildman–Crippen LogP) is 2.22. The quantitative estimate of drug-likeness (QED) is 0.758. The van der Waals surface area contributed by atoms with Crippen LogP contribution in [0.1, 0.15) is 35.6 Å². The molecule has 3 aliphatic rings. The lowest BCUT2D eigenvalue weighted by Crippen LogP contribution is -2.50. The number of carbonyl (C=O) groups excluding carboxylic acids is 2. The van der Waals surface area contributed by atoms with Gasteiger partial charge in [0.1, 0.15) is 6.04 Å². The minimum Gasteiger partial charge on any atom is -0.378 e. The van der Waals surface area contributed by atoms with Gasteiger partial charge in [-0.15, -0.1) is 0 Å². The van der Waals surface area contributed by atoms with Crippen LogP contribution in [0.15, 0.2) is 54.6 Å². The lowest BCUT2D eigenvalue weighted by Gasteiger charge is -2.39. The molecule has 1 N–H and O–H groups in total. The van der Waals surface area contributed by atoms with Gasteiger partial charge in [-0.25, -0.2) is 0 Å². The summed E-state index contributed by atoms with van der Waals surface area (Å²) in [5.74, 6) is 0.0118. The van der Waals surface area contributed by atoms with Crippen molar-refractivity contribution in [2.24, 2.45) is 0 Å². The van der Waals surface area contributed by atoms with Crippen LogP contribution in [0.3, 0.4) is 0 Å². The Labute approximate surface area is 194 Å². The molecule has 3 aliphatic heterocycles. The van der Waals surface area contributed by atoms with Crippen LogP contribution in [0, 0.1) is 0 Å². The second-order valence-corrected chi connectivity index (χ2v) is 8.98. The van der Waals surface area contributed by atoms with Crippen molar-refractivity contribution >= 4 is 11.8 Å². The van der Waals surface area contributed by atoms with Crippen molar-refractivity contribution in [3.8, 4) is 0 Å². The molecule has 0 unspecified atom stereocenters. The third kappa shape index (κ3) is 4.53. The van der Waals surface area contributed by atoms with Gasteiger partial charge in [0.2, 0.25) is 11.8 Å². The summed E-state index contributed by atoms with van der Waals surface area (Å²) in [6.07, 6.45) is 1.59. The fraction of sp³-hybridized carbons (Fsp3) is 0.462. The topological polar surface area (TPSA) is 71.1 Å². The van der Waals surface area contributed by atoms with E-state index in [2.05, 4.69) is 23.5 Å². The molecule has 7 nitrogen and oxygen atoms in total. The number of likely N-dealkylation sites (tertiary alicyclic amines) is 1. The largest absolute Gasteiger partial charge is 0.378 e. The van der Waals surface area contributed by atoms with Gasteiger partial charge in [-0.05, 0) is 29.5 Å². The number of piperidine rings is 1. The molecular formula is C26H31N3O4. The van der Waals surface area contributed by atoms with Crippen LogP contribution in [-0.2, 0) is 31.3 Å². The molecule has 0 bridgehead atoms. The number of ether oxygens (including phenoxy) is 2. The molecule has 2 aromatic rings.